The van der Waals surface area contributed by atoms with Crippen molar-refractivity contribution in [3.8, 4) is 23.0 Å². The van der Waals surface area contributed by atoms with E-state index in [0.717, 1.165) is 0 Å². The Balaban J connectivity index is 2.55. The third-order valence-corrected chi connectivity index (χ3v) is 4.09. The fraction of sp³-hybridized carbons (Fsp3) is 0.300. The van der Waals surface area contributed by atoms with Crippen LogP contribution in [0.15, 0.2) is 30.3 Å². The molecule has 0 bridgehead atoms. The van der Waals surface area contributed by atoms with Gasteiger partial charge in [0.05, 0.1) is 45.5 Å². The van der Waals surface area contributed by atoms with Gasteiger partial charge >= 0.3 is 0 Å². The number of ether oxygens (including phenoxy) is 4. The predicted molar refractivity (Wildman–Crippen MR) is 106 cm³/mol. The second-order valence-corrected chi connectivity index (χ2v) is 5.65. The van der Waals surface area contributed by atoms with E-state index < -0.39 is 0 Å². The molecule has 0 radical (unpaired) electrons. The average Bonchev–Trinajstić information content (AvgIpc) is 2.73. The highest BCUT2D eigenvalue weighted by Gasteiger charge is 2.19. The summed E-state index contributed by atoms with van der Waals surface area (Å²) in [5.41, 5.74) is 1.49. The summed E-state index contributed by atoms with van der Waals surface area (Å²) in [6, 6.07) is 8.35. The molecule has 8 nitrogen and oxygen atoms in total. The van der Waals surface area contributed by atoms with Crippen molar-refractivity contribution in [1.29, 1.82) is 0 Å². The van der Waals surface area contributed by atoms with Crippen molar-refractivity contribution in [3.63, 3.8) is 0 Å². The Hall–Kier alpha value is -3.42. The molecule has 0 spiro atoms. The largest absolute Gasteiger partial charge is 0.495 e. The van der Waals surface area contributed by atoms with E-state index in [0.29, 0.717) is 52.9 Å². The van der Waals surface area contributed by atoms with Gasteiger partial charge in [-0.05, 0) is 18.2 Å². The number of hydrogen-bond acceptors (Lipinski definition) is 6. The van der Waals surface area contributed by atoms with Gasteiger partial charge in [0, 0.05) is 18.6 Å². The number of anilines is 3. The number of nitrogens with one attached hydrogen (secondary N) is 1. The Kier molecular flexibility index (Phi) is 7.08. The number of carbonyl (C=O) groups excluding carboxylic acids is 2. The molecule has 0 fully saturated rings. The molecule has 2 aromatic rings. The molecule has 0 aliphatic carbocycles. The van der Waals surface area contributed by atoms with E-state index in [2.05, 4.69) is 5.32 Å². The molecule has 0 aliphatic heterocycles. The highest BCUT2D eigenvalue weighted by Crippen LogP contribution is 2.42. The quantitative estimate of drug-likeness (QED) is 0.663. The van der Waals surface area contributed by atoms with E-state index in [1.54, 1.807) is 37.3 Å². The minimum atomic E-state index is -0.166. The van der Waals surface area contributed by atoms with E-state index in [1.165, 1.54) is 33.3 Å². The molecule has 2 rings (SSSR count). The standard InChI is InChI=1S/C20H24N2O6/c1-6-19(24)21-15-9-13(7-8-16(15)25-2)22(12-23)14-10-17(26-3)20(28-5)18(11-14)27-4/h7-12H,6H2,1-5H3,(H,21,24). The lowest BCUT2D eigenvalue weighted by atomic mass is 10.2. The topological polar surface area (TPSA) is 86.3 Å². The fourth-order valence-corrected chi connectivity index (χ4v) is 2.66. The van der Waals surface area contributed by atoms with E-state index >= 15 is 0 Å². The zero-order chi connectivity index (χ0) is 20.7. The number of benzene rings is 2. The average molecular weight is 388 g/mol. The van der Waals surface area contributed by atoms with Gasteiger partial charge in [-0.15, -0.1) is 0 Å². The molecule has 0 unspecified atom stereocenters. The van der Waals surface area contributed by atoms with Crippen molar-refractivity contribution in [1.82, 2.24) is 0 Å². The van der Waals surface area contributed by atoms with Crippen molar-refractivity contribution < 1.29 is 28.5 Å². The molecule has 0 saturated carbocycles. The molecule has 1 N–H and O–H groups in total. The van der Waals surface area contributed by atoms with Crippen LogP contribution in [0.2, 0.25) is 0 Å². The number of rotatable bonds is 9. The summed E-state index contributed by atoms with van der Waals surface area (Å²) in [6.07, 6.45) is 0.978. The Labute approximate surface area is 163 Å². The second kappa shape index (κ2) is 9.50. The molecule has 150 valence electrons. The minimum Gasteiger partial charge on any atom is -0.495 e. The van der Waals surface area contributed by atoms with Crippen molar-refractivity contribution >= 4 is 29.4 Å². The first-order chi connectivity index (χ1) is 13.5. The SMILES string of the molecule is CCC(=O)Nc1cc(N(C=O)c2cc(OC)c(OC)c(OC)c2)ccc1OC. The van der Waals surface area contributed by atoms with Crippen LogP contribution >= 0.6 is 0 Å². The highest BCUT2D eigenvalue weighted by molar-refractivity contribution is 5.95. The summed E-state index contributed by atoms with van der Waals surface area (Å²) in [4.78, 5) is 25.1. The highest BCUT2D eigenvalue weighted by atomic mass is 16.5. The summed E-state index contributed by atoms with van der Waals surface area (Å²) in [5, 5.41) is 2.77. The lowest BCUT2D eigenvalue weighted by Gasteiger charge is -2.22. The van der Waals surface area contributed by atoms with Crippen LogP contribution in [0.25, 0.3) is 0 Å². The van der Waals surface area contributed by atoms with Gasteiger partial charge in [0.25, 0.3) is 0 Å². The first-order valence-corrected chi connectivity index (χ1v) is 8.55. The Bertz CT molecular complexity index is 828. The molecule has 2 amide bonds. The van der Waals surface area contributed by atoms with Crippen LogP contribution in [-0.2, 0) is 9.59 Å². The van der Waals surface area contributed by atoms with Crippen LogP contribution in [-0.4, -0.2) is 40.8 Å². The van der Waals surface area contributed by atoms with Crippen molar-refractivity contribution in [3.05, 3.63) is 30.3 Å². The molecule has 0 saturated heterocycles. The van der Waals surface area contributed by atoms with Crippen LogP contribution in [0, 0.1) is 0 Å². The lowest BCUT2D eigenvalue weighted by molar-refractivity contribution is -0.115. The maximum atomic E-state index is 11.9. The van der Waals surface area contributed by atoms with Crippen LogP contribution in [0.3, 0.4) is 0 Å². The molecule has 2 aromatic carbocycles. The van der Waals surface area contributed by atoms with Crippen LogP contribution < -0.4 is 29.2 Å². The van der Waals surface area contributed by atoms with Crippen molar-refractivity contribution in [2.24, 2.45) is 0 Å². The summed E-state index contributed by atoms with van der Waals surface area (Å²) in [5.74, 6) is 1.57. The molecule has 0 heterocycles. The summed E-state index contributed by atoms with van der Waals surface area (Å²) in [6.45, 7) is 1.75. The fourth-order valence-electron chi connectivity index (χ4n) is 2.66. The molecular weight excluding hydrogens is 364 g/mol. The van der Waals surface area contributed by atoms with Crippen LogP contribution in [0.5, 0.6) is 23.0 Å². The zero-order valence-electron chi connectivity index (χ0n) is 16.6. The van der Waals surface area contributed by atoms with E-state index in [9.17, 15) is 9.59 Å². The molecule has 28 heavy (non-hydrogen) atoms. The number of hydrogen-bond donors (Lipinski definition) is 1. The minimum absolute atomic E-state index is 0.166. The van der Waals surface area contributed by atoms with Gasteiger partial charge in [0.1, 0.15) is 5.75 Å². The number of nitrogens with zero attached hydrogens (tertiary/aromatic N) is 1. The smallest absolute Gasteiger partial charge is 0.224 e. The number of amides is 2. The second-order valence-electron chi connectivity index (χ2n) is 5.65. The van der Waals surface area contributed by atoms with Crippen molar-refractivity contribution in [2.45, 2.75) is 13.3 Å². The molecule has 0 aliphatic rings. The Morgan fingerprint density at radius 3 is 2.00 bits per heavy atom. The summed E-state index contributed by atoms with van der Waals surface area (Å²) in [7, 11) is 6.01. The van der Waals surface area contributed by atoms with Gasteiger partial charge in [0.2, 0.25) is 18.1 Å². The maximum Gasteiger partial charge on any atom is 0.224 e. The third-order valence-electron chi connectivity index (χ3n) is 4.09. The van der Waals surface area contributed by atoms with Gasteiger partial charge in [-0.3, -0.25) is 14.5 Å². The normalized spacial score (nSPS) is 10.0. The van der Waals surface area contributed by atoms with E-state index in [-0.39, 0.29) is 5.91 Å². The van der Waals surface area contributed by atoms with Gasteiger partial charge < -0.3 is 24.3 Å². The zero-order valence-corrected chi connectivity index (χ0v) is 16.6. The molecular formula is C20H24N2O6. The van der Waals surface area contributed by atoms with E-state index in [4.69, 9.17) is 18.9 Å². The summed E-state index contributed by atoms with van der Waals surface area (Å²) >= 11 is 0. The number of carbonyl (C=O) groups is 2. The summed E-state index contributed by atoms with van der Waals surface area (Å²) < 4.78 is 21.3. The monoisotopic (exact) mass is 388 g/mol. The Morgan fingerprint density at radius 1 is 0.929 bits per heavy atom. The molecule has 0 atom stereocenters. The predicted octanol–water partition coefficient (Wildman–Crippen LogP) is 3.36. The van der Waals surface area contributed by atoms with Gasteiger partial charge in [0.15, 0.2) is 11.5 Å². The van der Waals surface area contributed by atoms with Crippen LogP contribution in [0.4, 0.5) is 17.1 Å². The number of methoxy groups -OCH3 is 4. The van der Waals surface area contributed by atoms with Crippen LogP contribution in [0.1, 0.15) is 13.3 Å². The van der Waals surface area contributed by atoms with E-state index in [1.807, 2.05) is 0 Å². The third kappa shape index (κ3) is 4.28. The Morgan fingerprint density at radius 2 is 1.54 bits per heavy atom. The maximum absolute atomic E-state index is 11.9. The van der Waals surface area contributed by atoms with Crippen molar-refractivity contribution in [2.75, 3.05) is 38.7 Å². The van der Waals surface area contributed by atoms with Gasteiger partial charge in [-0.25, -0.2) is 0 Å². The first-order valence-electron chi connectivity index (χ1n) is 8.55. The lowest BCUT2D eigenvalue weighted by Crippen LogP contribution is -2.16. The van der Waals surface area contributed by atoms with Gasteiger partial charge in [-0.2, -0.15) is 0 Å². The van der Waals surface area contributed by atoms with Gasteiger partial charge in [-0.1, -0.05) is 6.92 Å². The molecule has 0 aromatic heterocycles. The first kappa shape index (κ1) is 20.9. The molecule has 8 heteroatoms.